The second-order valence-corrected chi connectivity index (χ2v) is 7.11. The first-order valence-electron chi connectivity index (χ1n) is 6.99. The van der Waals surface area contributed by atoms with Gasteiger partial charge in [0.2, 0.25) is 0 Å². The predicted molar refractivity (Wildman–Crippen MR) is 81.1 cm³/mol. The van der Waals surface area contributed by atoms with Crippen molar-refractivity contribution >= 4 is 22.1 Å². The summed E-state index contributed by atoms with van der Waals surface area (Å²) in [6.45, 7) is 9.77. The molecule has 0 bridgehead atoms. The Bertz CT molecular complexity index is 558. The van der Waals surface area contributed by atoms with Gasteiger partial charge in [-0.15, -0.1) is 11.3 Å². The highest BCUT2D eigenvalue weighted by atomic mass is 32.1. The van der Waals surface area contributed by atoms with E-state index < -0.39 is 0 Å². The molecule has 0 unspecified atom stereocenters. The van der Waals surface area contributed by atoms with E-state index in [1.165, 1.54) is 24.4 Å². The third-order valence-electron chi connectivity index (χ3n) is 3.53. The van der Waals surface area contributed by atoms with E-state index in [1.54, 1.807) is 11.3 Å². The molecule has 1 N–H and O–H groups in total. The molecule has 4 nitrogen and oxygen atoms in total. The van der Waals surface area contributed by atoms with Gasteiger partial charge in [0.25, 0.3) is 0 Å². The Hall–Kier alpha value is -1.07. The van der Waals surface area contributed by atoms with Gasteiger partial charge >= 0.3 is 0 Å². The summed E-state index contributed by atoms with van der Waals surface area (Å²) in [5.74, 6) is 1.18. The molecule has 0 saturated carbocycles. The summed E-state index contributed by atoms with van der Waals surface area (Å²) in [6, 6.07) is 0. The second kappa shape index (κ2) is 4.80. The Balaban J connectivity index is 1.93. The lowest BCUT2D eigenvalue weighted by molar-refractivity contribution is 0.420. The smallest absolute Gasteiger partial charge is 0.195 e. The molecule has 3 rings (SSSR count). The molecule has 1 aliphatic rings. The molecule has 3 heterocycles. The van der Waals surface area contributed by atoms with Crippen LogP contribution in [0.25, 0.3) is 4.96 Å². The van der Waals surface area contributed by atoms with E-state index in [-0.39, 0.29) is 5.54 Å². The SMILES string of the molecule is CC(C)(C)NCc1c(N2CCCC2)nc2sccn12. The summed E-state index contributed by atoms with van der Waals surface area (Å²) >= 11 is 1.71. The quantitative estimate of drug-likeness (QED) is 0.937. The average molecular weight is 278 g/mol. The lowest BCUT2D eigenvalue weighted by Gasteiger charge is -2.22. The number of anilines is 1. The van der Waals surface area contributed by atoms with Crippen molar-refractivity contribution in [2.24, 2.45) is 0 Å². The molecule has 5 heteroatoms. The maximum Gasteiger partial charge on any atom is 0.195 e. The van der Waals surface area contributed by atoms with Crippen molar-refractivity contribution in [1.29, 1.82) is 0 Å². The molecule has 104 valence electrons. The minimum Gasteiger partial charge on any atom is -0.355 e. The zero-order valence-electron chi connectivity index (χ0n) is 11.9. The number of hydrogen-bond donors (Lipinski definition) is 1. The van der Waals surface area contributed by atoms with E-state index in [1.807, 2.05) is 0 Å². The van der Waals surface area contributed by atoms with Crippen LogP contribution in [-0.2, 0) is 6.54 Å². The zero-order valence-corrected chi connectivity index (χ0v) is 12.8. The minimum absolute atomic E-state index is 0.127. The van der Waals surface area contributed by atoms with E-state index in [9.17, 15) is 0 Å². The molecule has 0 aliphatic carbocycles. The highest BCUT2D eigenvalue weighted by Gasteiger charge is 2.22. The van der Waals surface area contributed by atoms with Gasteiger partial charge < -0.3 is 10.2 Å². The Labute approximate surface area is 118 Å². The predicted octanol–water partition coefficient (Wildman–Crippen LogP) is 2.88. The van der Waals surface area contributed by atoms with Crippen molar-refractivity contribution in [3.8, 4) is 0 Å². The van der Waals surface area contributed by atoms with E-state index >= 15 is 0 Å². The Kier molecular flexibility index (Phi) is 3.27. The van der Waals surface area contributed by atoms with Crippen molar-refractivity contribution in [1.82, 2.24) is 14.7 Å². The first-order valence-corrected chi connectivity index (χ1v) is 7.87. The zero-order chi connectivity index (χ0) is 13.5. The molecular formula is C14H22N4S. The fourth-order valence-corrected chi connectivity index (χ4v) is 3.24. The number of rotatable bonds is 3. The number of thiazole rings is 1. The fourth-order valence-electron chi connectivity index (χ4n) is 2.52. The Morgan fingerprint density at radius 3 is 2.74 bits per heavy atom. The second-order valence-electron chi connectivity index (χ2n) is 6.24. The average Bonchev–Trinajstić information content (AvgIpc) is 3.01. The van der Waals surface area contributed by atoms with E-state index in [2.05, 4.69) is 47.0 Å². The van der Waals surface area contributed by atoms with Crippen LogP contribution in [0.4, 0.5) is 5.82 Å². The highest BCUT2D eigenvalue weighted by molar-refractivity contribution is 7.15. The van der Waals surface area contributed by atoms with Gasteiger partial charge in [-0.05, 0) is 33.6 Å². The number of nitrogens with one attached hydrogen (secondary N) is 1. The van der Waals surface area contributed by atoms with Crippen LogP contribution < -0.4 is 10.2 Å². The molecule has 0 amide bonds. The normalized spacial score (nSPS) is 16.7. The van der Waals surface area contributed by atoms with Crippen LogP contribution in [0.3, 0.4) is 0 Å². The fraction of sp³-hybridized carbons (Fsp3) is 0.643. The number of fused-ring (bicyclic) bond motifs is 1. The number of aromatic nitrogens is 2. The molecule has 0 radical (unpaired) electrons. The monoisotopic (exact) mass is 278 g/mol. The van der Waals surface area contributed by atoms with Crippen LogP contribution >= 0.6 is 11.3 Å². The maximum atomic E-state index is 4.82. The van der Waals surface area contributed by atoms with Gasteiger partial charge in [-0.25, -0.2) is 4.98 Å². The van der Waals surface area contributed by atoms with E-state index in [4.69, 9.17) is 4.98 Å². The summed E-state index contributed by atoms with van der Waals surface area (Å²) < 4.78 is 2.23. The molecule has 1 aliphatic heterocycles. The van der Waals surface area contributed by atoms with Crippen LogP contribution in [0.15, 0.2) is 11.6 Å². The van der Waals surface area contributed by atoms with Crippen molar-refractivity contribution in [3.05, 3.63) is 17.3 Å². The van der Waals surface area contributed by atoms with Gasteiger partial charge in [0.05, 0.1) is 5.69 Å². The number of nitrogens with zero attached hydrogens (tertiary/aromatic N) is 3. The van der Waals surface area contributed by atoms with Crippen LogP contribution in [-0.4, -0.2) is 28.0 Å². The topological polar surface area (TPSA) is 32.6 Å². The van der Waals surface area contributed by atoms with Crippen LogP contribution in [0.5, 0.6) is 0 Å². The molecule has 0 atom stereocenters. The van der Waals surface area contributed by atoms with Gasteiger partial charge in [0.1, 0.15) is 0 Å². The number of imidazole rings is 1. The number of hydrogen-bond acceptors (Lipinski definition) is 4. The highest BCUT2D eigenvalue weighted by Crippen LogP contribution is 2.27. The summed E-state index contributed by atoms with van der Waals surface area (Å²) in [7, 11) is 0. The van der Waals surface area contributed by atoms with Crippen LogP contribution in [0.2, 0.25) is 0 Å². The minimum atomic E-state index is 0.127. The van der Waals surface area contributed by atoms with Gasteiger partial charge in [-0.3, -0.25) is 4.40 Å². The molecular weight excluding hydrogens is 256 g/mol. The van der Waals surface area contributed by atoms with Gasteiger partial charge in [-0.1, -0.05) is 0 Å². The molecule has 0 spiro atoms. The molecule has 1 fully saturated rings. The molecule has 19 heavy (non-hydrogen) atoms. The van der Waals surface area contributed by atoms with Crippen molar-refractivity contribution < 1.29 is 0 Å². The third kappa shape index (κ3) is 2.62. The van der Waals surface area contributed by atoms with Crippen molar-refractivity contribution in [2.75, 3.05) is 18.0 Å². The molecule has 2 aromatic heterocycles. The van der Waals surface area contributed by atoms with E-state index in [0.29, 0.717) is 0 Å². The summed E-state index contributed by atoms with van der Waals surface area (Å²) in [6.07, 6.45) is 4.71. The van der Waals surface area contributed by atoms with Crippen LogP contribution in [0, 0.1) is 0 Å². The lowest BCUT2D eigenvalue weighted by Crippen LogP contribution is -2.36. The van der Waals surface area contributed by atoms with Crippen molar-refractivity contribution in [3.63, 3.8) is 0 Å². The first-order chi connectivity index (χ1) is 9.04. The van der Waals surface area contributed by atoms with E-state index in [0.717, 1.165) is 24.6 Å². The standard InChI is InChI=1S/C14H22N4S/c1-14(2,3)15-10-11-12(17-6-4-5-7-17)16-13-18(11)8-9-19-13/h8-9,15H,4-7,10H2,1-3H3. The van der Waals surface area contributed by atoms with Gasteiger partial charge in [0.15, 0.2) is 10.8 Å². The Morgan fingerprint density at radius 2 is 2.05 bits per heavy atom. The third-order valence-corrected chi connectivity index (χ3v) is 4.29. The summed E-state index contributed by atoms with van der Waals surface area (Å²) in [5.41, 5.74) is 1.43. The molecule has 0 aromatic carbocycles. The first kappa shape index (κ1) is 12.9. The summed E-state index contributed by atoms with van der Waals surface area (Å²) in [5, 5.41) is 5.70. The Morgan fingerprint density at radius 1 is 1.32 bits per heavy atom. The molecule has 1 saturated heterocycles. The van der Waals surface area contributed by atoms with Crippen molar-refractivity contribution in [2.45, 2.75) is 45.7 Å². The van der Waals surface area contributed by atoms with Gasteiger partial charge in [0, 0.05) is 36.8 Å². The lowest BCUT2D eigenvalue weighted by atomic mass is 10.1. The summed E-state index contributed by atoms with van der Waals surface area (Å²) in [4.78, 5) is 8.36. The van der Waals surface area contributed by atoms with Crippen LogP contribution in [0.1, 0.15) is 39.3 Å². The molecule has 2 aromatic rings. The van der Waals surface area contributed by atoms with Gasteiger partial charge in [-0.2, -0.15) is 0 Å². The maximum absolute atomic E-state index is 4.82. The largest absolute Gasteiger partial charge is 0.355 e.